The molecule has 0 N–H and O–H groups in total. The normalized spacial score (nSPS) is 24.8. The summed E-state index contributed by atoms with van der Waals surface area (Å²) in [6, 6.07) is 11.5. The molecule has 4 heteroatoms. The smallest absolute Gasteiger partial charge is 0.150 e. The number of methoxy groups -OCH3 is 1. The Labute approximate surface area is 158 Å². The maximum absolute atomic E-state index is 12.9. The Bertz CT molecular complexity index is 880. The number of fused-ring (bicyclic) bond motifs is 2. The van der Waals surface area contributed by atoms with Crippen LogP contribution in [0.3, 0.4) is 0 Å². The van der Waals surface area contributed by atoms with Crippen LogP contribution < -0.4 is 4.74 Å². The van der Waals surface area contributed by atoms with E-state index in [-0.39, 0.29) is 23.4 Å². The summed E-state index contributed by atoms with van der Waals surface area (Å²) in [5.41, 5.74) is 3.65. The molecule has 2 bridgehead atoms. The van der Waals surface area contributed by atoms with Gasteiger partial charge in [0.25, 0.3) is 0 Å². The fraction of sp³-hybridized carbons (Fsp3) is 0.364. The minimum Gasteiger partial charge on any atom is -0.496 e. The summed E-state index contributed by atoms with van der Waals surface area (Å²) in [4.78, 5) is 25.8. The maximum Gasteiger partial charge on any atom is 0.150 e. The molecule has 4 rings (SSSR count). The van der Waals surface area contributed by atoms with Gasteiger partial charge in [-0.3, -0.25) is 9.59 Å². The Hall–Kier alpha value is -2.13. The molecular weight excluding hydrogens is 348 g/mol. The van der Waals surface area contributed by atoms with Crippen molar-refractivity contribution >= 4 is 23.2 Å². The van der Waals surface area contributed by atoms with Gasteiger partial charge in [0.1, 0.15) is 11.7 Å². The number of ether oxygens (including phenoxy) is 1. The van der Waals surface area contributed by atoms with E-state index in [4.69, 9.17) is 16.3 Å². The Kier molecular flexibility index (Phi) is 4.36. The Morgan fingerprint density at radius 2 is 1.69 bits per heavy atom. The number of hydrogen-bond donors (Lipinski definition) is 0. The lowest BCUT2D eigenvalue weighted by Gasteiger charge is -2.27. The molecule has 134 valence electrons. The van der Waals surface area contributed by atoms with Gasteiger partial charge < -0.3 is 4.74 Å². The van der Waals surface area contributed by atoms with Crippen molar-refractivity contribution < 1.29 is 14.3 Å². The molecule has 26 heavy (non-hydrogen) atoms. The van der Waals surface area contributed by atoms with Crippen LogP contribution in [0.5, 0.6) is 5.75 Å². The molecule has 0 aromatic heterocycles. The largest absolute Gasteiger partial charge is 0.496 e. The molecule has 0 spiro atoms. The third-order valence-electron chi connectivity index (χ3n) is 5.87. The van der Waals surface area contributed by atoms with Crippen molar-refractivity contribution in [2.24, 2.45) is 11.8 Å². The van der Waals surface area contributed by atoms with E-state index in [0.29, 0.717) is 10.8 Å². The van der Waals surface area contributed by atoms with E-state index in [1.54, 1.807) is 13.2 Å². The Balaban J connectivity index is 1.81. The number of Topliss-reactive ketones (excluding diaryl/α,β-unsaturated/α-hetero) is 2. The molecule has 3 nitrogen and oxygen atoms in total. The first kappa shape index (κ1) is 17.3. The molecule has 1 unspecified atom stereocenters. The maximum atomic E-state index is 12.9. The fourth-order valence-corrected chi connectivity index (χ4v) is 4.60. The summed E-state index contributed by atoms with van der Waals surface area (Å²) < 4.78 is 5.46. The number of rotatable bonds is 3. The minimum absolute atomic E-state index is 0.0517. The molecule has 2 aromatic carbocycles. The molecule has 2 fully saturated rings. The number of halogens is 1. The fourth-order valence-electron chi connectivity index (χ4n) is 4.44. The van der Waals surface area contributed by atoms with Crippen LogP contribution in [0.4, 0.5) is 0 Å². The molecule has 0 saturated heterocycles. The van der Waals surface area contributed by atoms with E-state index in [1.807, 2.05) is 37.3 Å². The molecule has 2 aromatic rings. The molecule has 3 atom stereocenters. The van der Waals surface area contributed by atoms with Gasteiger partial charge in [0.2, 0.25) is 0 Å². The van der Waals surface area contributed by atoms with Crippen molar-refractivity contribution in [2.45, 2.75) is 32.1 Å². The summed E-state index contributed by atoms with van der Waals surface area (Å²) in [6.07, 6.45) is 2.46. The molecule has 2 saturated carbocycles. The van der Waals surface area contributed by atoms with Gasteiger partial charge in [-0.2, -0.15) is 0 Å². The van der Waals surface area contributed by atoms with Gasteiger partial charge in [-0.15, -0.1) is 0 Å². The van der Waals surface area contributed by atoms with Crippen LogP contribution in [0.15, 0.2) is 36.4 Å². The van der Waals surface area contributed by atoms with Crippen LogP contribution in [0.25, 0.3) is 11.1 Å². The highest BCUT2D eigenvalue weighted by Crippen LogP contribution is 2.45. The Morgan fingerprint density at radius 3 is 2.35 bits per heavy atom. The number of ketones is 2. The molecule has 0 radical (unpaired) electrons. The highest BCUT2D eigenvalue weighted by molar-refractivity contribution is 6.30. The molecule has 0 aliphatic heterocycles. The first-order valence-corrected chi connectivity index (χ1v) is 9.39. The third-order valence-corrected chi connectivity index (χ3v) is 6.11. The predicted molar refractivity (Wildman–Crippen MR) is 102 cm³/mol. The SMILES string of the molecule is COc1cc(Cl)ccc1-c1ccc(C)c(C2C(=O)[C@@H]3CC[C@@H](C3)C2=O)c1. The quantitative estimate of drug-likeness (QED) is 0.718. The molecule has 2 aliphatic rings. The summed E-state index contributed by atoms with van der Waals surface area (Å²) in [5, 5.41) is 0.604. The molecule has 0 heterocycles. The first-order valence-electron chi connectivity index (χ1n) is 9.01. The summed E-state index contributed by atoms with van der Waals surface area (Å²) >= 11 is 6.07. The average molecular weight is 369 g/mol. The Morgan fingerprint density at radius 1 is 1.00 bits per heavy atom. The highest BCUT2D eigenvalue weighted by atomic mass is 35.5. The summed E-state index contributed by atoms with van der Waals surface area (Å²) in [5.74, 6) is 0.374. The number of benzene rings is 2. The van der Waals surface area contributed by atoms with E-state index in [2.05, 4.69) is 0 Å². The number of hydrogen-bond acceptors (Lipinski definition) is 3. The number of carbonyl (C=O) groups is 2. The van der Waals surface area contributed by atoms with E-state index in [0.717, 1.165) is 41.5 Å². The van der Waals surface area contributed by atoms with Crippen LogP contribution in [0, 0.1) is 18.8 Å². The standard InChI is InChI=1S/C22H21ClO3/c1-12-3-4-13(17-8-7-16(23)11-19(17)26-2)10-18(12)20-21(24)14-5-6-15(9-14)22(20)25/h3-4,7-8,10-11,14-15,20H,5-6,9H2,1-2H3/t14-,15+,20?. The zero-order chi connectivity index (χ0) is 18.4. The van der Waals surface area contributed by atoms with E-state index >= 15 is 0 Å². The lowest BCUT2D eigenvalue weighted by molar-refractivity contribution is -0.135. The lowest BCUT2D eigenvalue weighted by atomic mass is 9.74. The van der Waals surface area contributed by atoms with Crippen molar-refractivity contribution in [3.8, 4) is 16.9 Å². The van der Waals surface area contributed by atoms with Crippen LogP contribution in [0.1, 0.15) is 36.3 Å². The lowest BCUT2D eigenvalue weighted by Crippen LogP contribution is -2.35. The van der Waals surface area contributed by atoms with E-state index in [9.17, 15) is 9.59 Å². The van der Waals surface area contributed by atoms with Gasteiger partial charge in [-0.1, -0.05) is 23.7 Å². The van der Waals surface area contributed by atoms with Crippen LogP contribution >= 0.6 is 11.6 Å². The van der Waals surface area contributed by atoms with E-state index in [1.165, 1.54) is 0 Å². The second-order valence-corrected chi connectivity index (χ2v) is 7.80. The van der Waals surface area contributed by atoms with Gasteiger partial charge in [0.15, 0.2) is 11.6 Å². The van der Waals surface area contributed by atoms with Crippen molar-refractivity contribution in [1.82, 2.24) is 0 Å². The predicted octanol–water partition coefficient (Wildman–Crippen LogP) is 4.98. The average Bonchev–Trinajstić information content (AvgIpc) is 3.09. The highest BCUT2D eigenvalue weighted by Gasteiger charge is 2.47. The van der Waals surface area contributed by atoms with E-state index < -0.39 is 5.92 Å². The van der Waals surface area contributed by atoms with Crippen molar-refractivity contribution in [3.05, 3.63) is 52.5 Å². The molecule has 0 amide bonds. The van der Waals surface area contributed by atoms with Gasteiger partial charge in [0, 0.05) is 22.4 Å². The van der Waals surface area contributed by atoms with Crippen molar-refractivity contribution in [3.63, 3.8) is 0 Å². The molecule has 2 aliphatic carbocycles. The van der Waals surface area contributed by atoms with Gasteiger partial charge in [0.05, 0.1) is 7.11 Å². The molecular formula is C22H21ClO3. The van der Waals surface area contributed by atoms with Crippen molar-refractivity contribution in [2.75, 3.05) is 7.11 Å². The van der Waals surface area contributed by atoms with Gasteiger partial charge in [-0.25, -0.2) is 0 Å². The number of aryl methyl sites for hydroxylation is 1. The zero-order valence-electron chi connectivity index (χ0n) is 14.9. The second kappa shape index (κ2) is 6.55. The second-order valence-electron chi connectivity index (χ2n) is 7.36. The van der Waals surface area contributed by atoms with Gasteiger partial charge >= 0.3 is 0 Å². The topological polar surface area (TPSA) is 43.4 Å². The summed E-state index contributed by atoms with van der Waals surface area (Å²) in [7, 11) is 1.61. The van der Waals surface area contributed by atoms with Crippen LogP contribution in [0.2, 0.25) is 5.02 Å². The minimum atomic E-state index is -0.612. The monoisotopic (exact) mass is 368 g/mol. The third kappa shape index (κ3) is 2.75. The zero-order valence-corrected chi connectivity index (χ0v) is 15.7. The van der Waals surface area contributed by atoms with Gasteiger partial charge in [-0.05, 0) is 67.1 Å². The summed E-state index contributed by atoms with van der Waals surface area (Å²) in [6.45, 7) is 1.97. The van der Waals surface area contributed by atoms with Crippen LogP contribution in [-0.4, -0.2) is 18.7 Å². The van der Waals surface area contributed by atoms with Crippen molar-refractivity contribution in [1.29, 1.82) is 0 Å². The van der Waals surface area contributed by atoms with Crippen LogP contribution in [-0.2, 0) is 9.59 Å². The number of carbonyl (C=O) groups excluding carboxylic acids is 2. The first-order chi connectivity index (χ1) is 12.5.